The van der Waals surface area contributed by atoms with Crippen LogP contribution in [0.4, 0.5) is 0 Å². The Morgan fingerprint density at radius 1 is 0.327 bits per heavy atom. The molecule has 0 aromatic heterocycles. The Balaban J connectivity index is 4.07. The van der Waals surface area contributed by atoms with Crippen molar-refractivity contribution in [1.82, 2.24) is 0 Å². The monoisotopic (exact) mass is 695 g/mol. The van der Waals surface area contributed by atoms with Gasteiger partial charge in [-0.2, -0.15) is 0 Å². The standard InChI is InChI=1S/C43H82O6/c1-4-7-10-13-15-16-17-18-19-20-21-22-23-24-25-26-28-31-34-37-43(46)49-40(38-47-41(44)35-32-29-12-9-6-3)39-48-42(45)36-33-30-27-14-11-8-5-2/h40H,4-39H2,1-3H3/t40-/m0/s1. The number of carbonyl (C=O) groups is 3. The number of rotatable bonds is 39. The summed E-state index contributed by atoms with van der Waals surface area (Å²) < 4.78 is 16.5. The summed E-state index contributed by atoms with van der Waals surface area (Å²) in [5.74, 6) is -0.878. The summed E-state index contributed by atoms with van der Waals surface area (Å²) in [5.41, 5.74) is 0. The van der Waals surface area contributed by atoms with Gasteiger partial charge in [0.1, 0.15) is 13.2 Å². The molecular weight excluding hydrogens is 612 g/mol. The Kier molecular flexibility index (Phi) is 37.9. The molecule has 6 nitrogen and oxygen atoms in total. The first-order chi connectivity index (χ1) is 24.0. The second-order valence-corrected chi connectivity index (χ2v) is 14.6. The molecule has 1 atom stereocenters. The molecule has 0 aromatic carbocycles. The van der Waals surface area contributed by atoms with E-state index in [0.29, 0.717) is 19.3 Å². The molecule has 0 fully saturated rings. The highest BCUT2D eigenvalue weighted by molar-refractivity contribution is 5.71. The molecule has 0 heterocycles. The van der Waals surface area contributed by atoms with Gasteiger partial charge in [0.15, 0.2) is 6.10 Å². The number of carbonyl (C=O) groups excluding carboxylic acids is 3. The molecule has 0 aromatic rings. The maximum atomic E-state index is 12.6. The van der Waals surface area contributed by atoms with Gasteiger partial charge in [0.05, 0.1) is 0 Å². The molecule has 0 rings (SSSR count). The molecule has 0 amide bonds. The highest BCUT2D eigenvalue weighted by Crippen LogP contribution is 2.16. The van der Waals surface area contributed by atoms with Crippen molar-refractivity contribution >= 4 is 17.9 Å². The van der Waals surface area contributed by atoms with Crippen molar-refractivity contribution in [3.8, 4) is 0 Å². The van der Waals surface area contributed by atoms with Crippen molar-refractivity contribution < 1.29 is 28.6 Å². The molecule has 49 heavy (non-hydrogen) atoms. The van der Waals surface area contributed by atoms with Crippen LogP contribution >= 0.6 is 0 Å². The van der Waals surface area contributed by atoms with Crippen molar-refractivity contribution in [2.24, 2.45) is 0 Å². The van der Waals surface area contributed by atoms with Crippen molar-refractivity contribution in [2.45, 2.75) is 245 Å². The molecule has 0 saturated heterocycles. The smallest absolute Gasteiger partial charge is 0.306 e. The second-order valence-electron chi connectivity index (χ2n) is 14.6. The van der Waals surface area contributed by atoms with Gasteiger partial charge in [-0.25, -0.2) is 0 Å². The van der Waals surface area contributed by atoms with E-state index in [9.17, 15) is 14.4 Å². The van der Waals surface area contributed by atoms with Crippen LogP contribution in [-0.2, 0) is 28.6 Å². The lowest BCUT2D eigenvalue weighted by Gasteiger charge is -2.18. The van der Waals surface area contributed by atoms with Gasteiger partial charge in [0.25, 0.3) is 0 Å². The summed E-state index contributed by atoms with van der Waals surface area (Å²) >= 11 is 0. The largest absolute Gasteiger partial charge is 0.462 e. The number of esters is 3. The lowest BCUT2D eigenvalue weighted by Crippen LogP contribution is -2.30. The van der Waals surface area contributed by atoms with Gasteiger partial charge in [-0.15, -0.1) is 0 Å². The predicted molar refractivity (Wildman–Crippen MR) is 206 cm³/mol. The molecule has 6 heteroatoms. The third-order valence-electron chi connectivity index (χ3n) is 9.61. The van der Waals surface area contributed by atoms with E-state index >= 15 is 0 Å². The molecule has 0 saturated carbocycles. The van der Waals surface area contributed by atoms with Crippen LogP contribution in [0.15, 0.2) is 0 Å². The second kappa shape index (κ2) is 39.2. The van der Waals surface area contributed by atoms with Crippen LogP contribution in [0.3, 0.4) is 0 Å². The highest BCUT2D eigenvalue weighted by Gasteiger charge is 2.19. The topological polar surface area (TPSA) is 78.9 Å². The van der Waals surface area contributed by atoms with Crippen LogP contribution in [0.25, 0.3) is 0 Å². The van der Waals surface area contributed by atoms with Gasteiger partial charge < -0.3 is 14.2 Å². The SMILES string of the molecule is CCCCCCCCCCCCCCCCCCCCCC(=O)O[C@@H](COC(=O)CCCCCCC)COC(=O)CCCCCCCCC. The van der Waals surface area contributed by atoms with Crippen molar-refractivity contribution in [1.29, 1.82) is 0 Å². The van der Waals surface area contributed by atoms with Crippen LogP contribution < -0.4 is 0 Å². The molecule has 0 spiro atoms. The Hall–Kier alpha value is -1.59. The van der Waals surface area contributed by atoms with E-state index < -0.39 is 6.10 Å². The van der Waals surface area contributed by atoms with Gasteiger partial charge in [0, 0.05) is 19.3 Å². The molecule has 0 aliphatic carbocycles. The lowest BCUT2D eigenvalue weighted by atomic mass is 10.0. The highest BCUT2D eigenvalue weighted by atomic mass is 16.6. The van der Waals surface area contributed by atoms with E-state index in [1.54, 1.807) is 0 Å². The zero-order valence-corrected chi connectivity index (χ0v) is 33.0. The minimum atomic E-state index is -0.755. The van der Waals surface area contributed by atoms with Gasteiger partial charge in [-0.3, -0.25) is 14.4 Å². The van der Waals surface area contributed by atoms with Crippen molar-refractivity contribution in [3.63, 3.8) is 0 Å². The minimum absolute atomic E-state index is 0.0654. The number of ether oxygens (including phenoxy) is 3. The number of hydrogen-bond donors (Lipinski definition) is 0. The quantitative estimate of drug-likeness (QED) is 0.0362. The Morgan fingerprint density at radius 3 is 0.816 bits per heavy atom. The summed E-state index contributed by atoms with van der Waals surface area (Å²) in [6, 6.07) is 0. The normalized spacial score (nSPS) is 11.8. The maximum Gasteiger partial charge on any atom is 0.306 e. The summed E-state index contributed by atoms with van der Waals surface area (Å²) in [7, 11) is 0. The first kappa shape index (κ1) is 47.4. The lowest BCUT2D eigenvalue weighted by molar-refractivity contribution is -0.167. The molecule has 0 unspecified atom stereocenters. The Labute approximate surface area is 304 Å². The van der Waals surface area contributed by atoms with Crippen molar-refractivity contribution in [2.75, 3.05) is 13.2 Å². The van der Waals surface area contributed by atoms with Crippen LogP contribution in [0.5, 0.6) is 0 Å². The summed E-state index contributed by atoms with van der Waals surface area (Å²) in [6.07, 6.45) is 38.5. The van der Waals surface area contributed by atoms with Gasteiger partial charge in [-0.05, 0) is 19.3 Å². The number of hydrogen-bond acceptors (Lipinski definition) is 6. The zero-order chi connectivity index (χ0) is 35.9. The van der Waals surface area contributed by atoms with Gasteiger partial charge in [0.2, 0.25) is 0 Å². The first-order valence-electron chi connectivity index (χ1n) is 21.5. The average Bonchev–Trinajstić information content (AvgIpc) is 3.09. The first-order valence-corrected chi connectivity index (χ1v) is 21.5. The fourth-order valence-electron chi connectivity index (χ4n) is 6.32. The minimum Gasteiger partial charge on any atom is -0.462 e. The molecule has 290 valence electrons. The van der Waals surface area contributed by atoms with Crippen molar-refractivity contribution in [3.05, 3.63) is 0 Å². The molecular formula is C43H82O6. The van der Waals surface area contributed by atoms with E-state index in [0.717, 1.165) is 64.2 Å². The molecule has 0 radical (unpaired) electrons. The third-order valence-corrected chi connectivity index (χ3v) is 9.61. The van der Waals surface area contributed by atoms with Gasteiger partial charge in [-0.1, -0.05) is 201 Å². The predicted octanol–water partition coefficient (Wildman–Crippen LogP) is 13.3. The summed E-state index contributed by atoms with van der Waals surface area (Å²) in [5, 5.41) is 0. The zero-order valence-electron chi connectivity index (χ0n) is 33.0. The molecule has 0 aliphatic rings. The van der Waals surface area contributed by atoms with E-state index in [1.807, 2.05) is 0 Å². The fraction of sp³-hybridized carbons (Fsp3) is 0.930. The van der Waals surface area contributed by atoms with E-state index in [-0.39, 0.29) is 31.1 Å². The van der Waals surface area contributed by atoms with Crippen LogP contribution in [0.1, 0.15) is 239 Å². The summed E-state index contributed by atoms with van der Waals surface area (Å²) in [4.78, 5) is 37.2. The summed E-state index contributed by atoms with van der Waals surface area (Å²) in [6.45, 7) is 6.52. The van der Waals surface area contributed by atoms with Crippen LogP contribution in [0, 0.1) is 0 Å². The van der Waals surface area contributed by atoms with Gasteiger partial charge >= 0.3 is 17.9 Å². The molecule has 0 aliphatic heterocycles. The van der Waals surface area contributed by atoms with E-state index in [2.05, 4.69) is 20.8 Å². The molecule has 0 N–H and O–H groups in total. The maximum absolute atomic E-state index is 12.6. The van der Waals surface area contributed by atoms with E-state index in [1.165, 1.54) is 135 Å². The Bertz CT molecular complexity index is 723. The van der Waals surface area contributed by atoms with E-state index in [4.69, 9.17) is 14.2 Å². The third kappa shape index (κ3) is 37.5. The van der Waals surface area contributed by atoms with Crippen LogP contribution in [0.2, 0.25) is 0 Å². The average molecular weight is 695 g/mol. The molecule has 0 bridgehead atoms. The van der Waals surface area contributed by atoms with Crippen LogP contribution in [-0.4, -0.2) is 37.2 Å². The number of unbranched alkanes of at least 4 members (excludes halogenated alkanes) is 28. The Morgan fingerprint density at radius 2 is 0.551 bits per heavy atom. The fourth-order valence-corrected chi connectivity index (χ4v) is 6.32.